The Bertz CT molecular complexity index is 702. The van der Waals surface area contributed by atoms with Crippen molar-refractivity contribution in [1.82, 2.24) is 5.32 Å². The molecule has 2 heteroatoms. The molecule has 3 rings (SSSR count). The van der Waals surface area contributed by atoms with Gasteiger partial charge in [0.25, 0.3) is 0 Å². The van der Waals surface area contributed by atoms with Crippen LogP contribution in [0.15, 0.2) is 60.7 Å². The first kappa shape index (κ1) is 20.0. The molecule has 1 amide bonds. The summed E-state index contributed by atoms with van der Waals surface area (Å²) in [5, 5.41) is 2.97. The van der Waals surface area contributed by atoms with E-state index >= 15 is 0 Å². The second kappa shape index (κ2) is 9.96. The van der Waals surface area contributed by atoms with E-state index < -0.39 is 0 Å². The summed E-state index contributed by atoms with van der Waals surface area (Å²) in [6.45, 7) is 10.6. The number of fused-ring (bicyclic) bond motifs is 3. The fraction of sp³-hybridized carbons (Fsp3) is 0.375. The quantitative estimate of drug-likeness (QED) is 0.629. The van der Waals surface area contributed by atoms with Crippen LogP contribution in [0, 0.1) is 0 Å². The van der Waals surface area contributed by atoms with Crippen molar-refractivity contribution in [3.8, 4) is 11.1 Å². The van der Waals surface area contributed by atoms with Gasteiger partial charge in [-0.25, -0.2) is 0 Å². The van der Waals surface area contributed by atoms with Gasteiger partial charge in [-0.15, -0.1) is 6.58 Å². The van der Waals surface area contributed by atoms with Gasteiger partial charge in [-0.2, -0.15) is 0 Å². The number of hydrogen-bond donors (Lipinski definition) is 1. The Morgan fingerprint density at radius 1 is 1.00 bits per heavy atom. The smallest absolute Gasteiger partial charge is 0.220 e. The minimum atomic E-state index is 0.165. The van der Waals surface area contributed by atoms with Gasteiger partial charge in [0.15, 0.2) is 0 Å². The Morgan fingerprint density at radius 2 is 1.50 bits per heavy atom. The first-order valence-corrected chi connectivity index (χ1v) is 9.67. The van der Waals surface area contributed by atoms with Gasteiger partial charge in [0.2, 0.25) is 5.91 Å². The summed E-state index contributed by atoms with van der Waals surface area (Å²) in [7, 11) is 0. The zero-order chi connectivity index (χ0) is 18.9. The summed E-state index contributed by atoms with van der Waals surface area (Å²) in [4.78, 5) is 11.9. The number of amides is 1. The SMILES string of the molecule is C=C(C)CC.CCCNC(=O)CCC1c2ccccc2-c2ccccc21. The monoisotopic (exact) mass is 349 g/mol. The van der Waals surface area contributed by atoms with Crippen molar-refractivity contribution in [3.63, 3.8) is 0 Å². The van der Waals surface area contributed by atoms with Gasteiger partial charge in [0.1, 0.15) is 0 Å². The van der Waals surface area contributed by atoms with Gasteiger partial charge in [-0.3, -0.25) is 4.79 Å². The van der Waals surface area contributed by atoms with E-state index in [4.69, 9.17) is 0 Å². The molecular formula is C24H31NO. The topological polar surface area (TPSA) is 29.1 Å². The predicted octanol–water partition coefficient (Wildman–Crippen LogP) is 6.08. The molecule has 2 aromatic rings. The Kier molecular flexibility index (Phi) is 7.65. The van der Waals surface area contributed by atoms with E-state index in [-0.39, 0.29) is 5.91 Å². The van der Waals surface area contributed by atoms with Crippen molar-refractivity contribution in [2.24, 2.45) is 0 Å². The Labute approximate surface area is 158 Å². The number of benzene rings is 2. The highest BCUT2D eigenvalue weighted by atomic mass is 16.1. The molecule has 0 saturated carbocycles. The van der Waals surface area contributed by atoms with Gasteiger partial charge in [-0.1, -0.05) is 68.0 Å². The molecule has 0 heterocycles. The molecule has 0 atom stereocenters. The van der Waals surface area contributed by atoms with Crippen LogP contribution in [0.1, 0.15) is 63.5 Å². The van der Waals surface area contributed by atoms with E-state index in [2.05, 4.69) is 74.3 Å². The number of rotatable bonds is 6. The molecule has 0 spiro atoms. The third-order valence-electron chi connectivity index (χ3n) is 4.80. The molecule has 0 fully saturated rings. The zero-order valence-electron chi connectivity index (χ0n) is 16.3. The molecule has 2 aromatic carbocycles. The molecule has 0 radical (unpaired) electrons. The summed E-state index contributed by atoms with van der Waals surface area (Å²) in [5.74, 6) is 0.517. The molecule has 0 bridgehead atoms. The van der Waals surface area contributed by atoms with Crippen molar-refractivity contribution < 1.29 is 4.79 Å². The maximum atomic E-state index is 11.9. The summed E-state index contributed by atoms with van der Waals surface area (Å²) < 4.78 is 0. The summed E-state index contributed by atoms with van der Waals surface area (Å²) >= 11 is 0. The van der Waals surface area contributed by atoms with Crippen molar-refractivity contribution in [3.05, 3.63) is 71.8 Å². The molecular weight excluding hydrogens is 318 g/mol. The molecule has 0 saturated heterocycles. The van der Waals surface area contributed by atoms with Gasteiger partial charge in [-0.05, 0) is 48.4 Å². The molecule has 1 aliphatic carbocycles. The highest BCUT2D eigenvalue weighted by Crippen LogP contribution is 2.46. The van der Waals surface area contributed by atoms with Crippen molar-refractivity contribution in [1.29, 1.82) is 0 Å². The molecule has 1 aliphatic rings. The molecule has 0 aliphatic heterocycles. The lowest BCUT2D eigenvalue weighted by Gasteiger charge is -2.13. The third-order valence-corrected chi connectivity index (χ3v) is 4.80. The highest BCUT2D eigenvalue weighted by molar-refractivity contribution is 5.80. The van der Waals surface area contributed by atoms with E-state index in [1.54, 1.807) is 0 Å². The van der Waals surface area contributed by atoms with Crippen LogP contribution in [-0.4, -0.2) is 12.5 Å². The second-order valence-corrected chi connectivity index (χ2v) is 6.93. The normalized spacial score (nSPS) is 11.8. The lowest BCUT2D eigenvalue weighted by atomic mass is 9.92. The van der Waals surface area contributed by atoms with Crippen molar-refractivity contribution in [2.75, 3.05) is 6.54 Å². The highest BCUT2D eigenvalue weighted by Gasteiger charge is 2.27. The number of allylic oxidation sites excluding steroid dienone is 1. The van der Waals surface area contributed by atoms with Gasteiger partial charge < -0.3 is 5.32 Å². The van der Waals surface area contributed by atoms with Crippen LogP contribution in [0.2, 0.25) is 0 Å². The first-order valence-electron chi connectivity index (χ1n) is 9.67. The predicted molar refractivity (Wildman–Crippen MR) is 111 cm³/mol. The standard InChI is InChI=1S/C19H21NO.C5H10/c1-2-13-20-19(21)12-11-18-16-9-5-3-7-14(16)15-8-4-6-10-17(15)18;1-4-5(2)3/h3-10,18H,2,11-13H2,1H3,(H,20,21);2,4H2,1,3H3. The van der Waals surface area contributed by atoms with Crippen LogP contribution in [0.3, 0.4) is 0 Å². The molecule has 2 nitrogen and oxygen atoms in total. The van der Waals surface area contributed by atoms with Crippen LogP contribution in [0.25, 0.3) is 11.1 Å². The lowest BCUT2D eigenvalue weighted by Crippen LogP contribution is -2.24. The van der Waals surface area contributed by atoms with Gasteiger partial charge >= 0.3 is 0 Å². The Balaban J connectivity index is 0.000000431. The first-order chi connectivity index (χ1) is 12.6. The van der Waals surface area contributed by atoms with Crippen molar-refractivity contribution in [2.45, 2.75) is 52.4 Å². The van der Waals surface area contributed by atoms with Crippen LogP contribution >= 0.6 is 0 Å². The average Bonchev–Trinajstić information content (AvgIpc) is 2.99. The van der Waals surface area contributed by atoms with Crippen LogP contribution in [0.5, 0.6) is 0 Å². The van der Waals surface area contributed by atoms with Gasteiger partial charge in [0, 0.05) is 18.9 Å². The molecule has 1 N–H and O–H groups in total. The number of carbonyl (C=O) groups is 1. The van der Waals surface area contributed by atoms with E-state index in [1.807, 2.05) is 6.92 Å². The third kappa shape index (κ3) is 5.08. The number of hydrogen-bond acceptors (Lipinski definition) is 1. The summed E-state index contributed by atoms with van der Waals surface area (Å²) in [5.41, 5.74) is 6.63. The maximum absolute atomic E-state index is 11.9. The van der Waals surface area contributed by atoms with Crippen LogP contribution < -0.4 is 5.32 Å². The number of carbonyl (C=O) groups excluding carboxylic acids is 1. The fourth-order valence-electron chi connectivity index (χ4n) is 3.20. The Hall–Kier alpha value is -2.35. The minimum absolute atomic E-state index is 0.165. The minimum Gasteiger partial charge on any atom is -0.356 e. The molecule has 138 valence electrons. The van der Waals surface area contributed by atoms with E-state index in [0.29, 0.717) is 12.3 Å². The van der Waals surface area contributed by atoms with E-state index in [9.17, 15) is 4.79 Å². The zero-order valence-corrected chi connectivity index (χ0v) is 16.3. The lowest BCUT2D eigenvalue weighted by molar-refractivity contribution is -0.121. The average molecular weight is 350 g/mol. The van der Waals surface area contributed by atoms with Crippen LogP contribution in [0.4, 0.5) is 0 Å². The van der Waals surface area contributed by atoms with Crippen LogP contribution in [-0.2, 0) is 4.79 Å². The fourth-order valence-corrected chi connectivity index (χ4v) is 3.20. The number of nitrogens with one attached hydrogen (secondary N) is 1. The molecule has 0 aromatic heterocycles. The van der Waals surface area contributed by atoms with Crippen molar-refractivity contribution >= 4 is 5.91 Å². The molecule has 0 unspecified atom stereocenters. The maximum Gasteiger partial charge on any atom is 0.220 e. The Morgan fingerprint density at radius 3 is 1.96 bits per heavy atom. The largest absolute Gasteiger partial charge is 0.356 e. The van der Waals surface area contributed by atoms with Gasteiger partial charge in [0.05, 0.1) is 0 Å². The van der Waals surface area contributed by atoms with E-state index in [1.165, 1.54) is 27.8 Å². The summed E-state index contributed by atoms with van der Waals surface area (Å²) in [6.07, 6.45) is 3.57. The van der Waals surface area contributed by atoms with E-state index in [0.717, 1.165) is 25.8 Å². The molecule has 26 heavy (non-hydrogen) atoms. The second-order valence-electron chi connectivity index (χ2n) is 6.93. The summed E-state index contributed by atoms with van der Waals surface area (Å²) in [6, 6.07) is 17.1.